The third kappa shape index (κ3) is 9.30. The fourth-order valence-corrected chi connectivity index (χ4v) is 3.89. The minimum absolute atomic E-state index is 0. The maximum Gasteiger partial charge on any atom is 0.335 e. The first-order chi connectivity index (χ1) is 17.9. The molecule has 40 heavy (non-hydrogen) atoms. The summed E-state index contributed by atoms with van der Waals surface area (Å²) in [6.45, 7) is 7.73. The van der Waals surface area contributed by atoms with Crippen molar-refractivity contribution in [3.8, 4) is 5.75 Å². The van der Waals surface area contributed by atoms with Gasteiger partial charge in [-0.2, -0.15) is 0 Å². The number of aryl methyl sites for hydroxylation is 1. The van der Waals surface area contributed by atoms with Crippen LogP contribution in [0.5, 0.6) is 5.75 Å². The van der Waals surface area contributed by atoms with Crippen LogP contribution in [0.2, 0.25) is 0 Å². The number of nitrogens with zero attached hydrogens (tertiary/aromatic N) is 3. The molecule has 1 aromatic carbocycles. The van der Waals surface area contributed by atoms with E-state index in [1.165, 1.54) is 13.1 Å². The number of amides is 2. The van der Waals surface area contributed by atoms with Crippen LogP contribution in [-0.2, 0) is 4.74 Å². The van der Waals surface area contributed by atoms with Gasteiger partial charge >= 0.3 is 5.97 Å². The van der Waals surface area contributed by atoms with Crippen molar-refractivity contribution in [2.45, 2.75) is 58.3 Å². The van der Waals surface area contributed by atoms with Crippen molar-refractivity contribution < 1.29 is 29.0 Å². The molecule has 1 radical (unpaired) electrons. The summed E-state index contributed by atoms with van der Waals surface area (Å²) in [5.41, 5.74) is 0.535. The summed E-state index contributed by atoms with van der Waals surface area (Å²) < 4.78 is 11.5. The van der Waals surface area contributed by atoms with Gasteiger partial charge in [-0.15, -0.1) is 6.54 Å². The topological polar surface area (TPSA) is 144 Å². The first-order valence-corrected chi connectivity index (χ1v) is 12.6. The van der Waals surface area contributed by atoms with Crippen LogP contribution in [0.15, 0.2) is 29.0 Å². The van der Waals surface area contributed by atoms with Crippen LogP contribution >= 0.6 is 0 Å². The van der Waals surface area contributed by atoms with E-state index >= 15 is 0 Å². The van der Waals surface area contributed by atoms with Gasteiger partial charge in [-0.1, -0.05) is 0 Å². The van der Waals surface area contributed by atoms with Gasteiger partial charge in [0.1, 0.15) is 11.4 Å². The van der Waals surface area contributed by atoms with Crippen LogP contribution in [0.3, 0.4) is 0 Å². The first kappa shape index (κ1) is 33.4. The Bertz CT molecular complexity index is 1110. The summed E-state index contributed by atoms with van der Waals surface area (Å²) in [4.78, 5) is 42.5. The smallest absolute Gasteiger partial charge is 0.335 e. The zero-order chi connectivity index (χ0) is 28.0. The Morgan fingerprint density at radius 2 is 1.95 bits per heavy atom. The molecule has 11 nitrogen and oxygen atoms in total. The number of ether oxygens (including phenoxy) is 2. The number of carbonyl (C=O) groups excluding carboxylic acids is 2. The normalized spacial score (nSPS) is 16.9. The maximum atomic E-state index is 12.6. The predicted molar refractivity (Wildman–Crippen MR) is 150 cm³/mol. The largest absolute Gasteiger partial charge is 0.616 e. The van der Waals surface area contributed by atoms with E-state index in [-0.39, 0.29) is 43.4 Å². The summed E-state index contributed by atoms with van der Waals surface area (Å²) in [6, 6.07) is 3.02. The van der Waals surface area contributed by atoms with Gasteiger partial charge in [0.05, 0.1) is 22.9 Å². The van der Waals surface area contributed by atoms with Crippen LogP contribution < -0.4 is 15.4 Å². The predicted octanol–water partition coefficient (Wildman–Crippen LogP) is 3.95. The van der Waals surface area contributed by atoms with E-state index in [9.17, 15) is 19.5 Å². The summed E-state index contributed by atoms with van der Waals surface area (Å²) in [5.74, 6) is -0.815. The Hall–Kier alpha value is -4.60. The van der Waals surface area contributed by atoms with Crippen LogP contribution in [0.25, 0.3) is 5.32 Å². The van der Waals surface area contributed by atoms with E-state index in [4.69, 9.17) is 9.47 Å². The molecule has 3 rings (SSSR count). The molecule has 2 unspecified atom stereocenters. The van der Waals surface area contributed by atoms with Crippen LogP contribution in [0, 0.1) is 27.3 Å². The Morgan fingerprint density at radius 1 is 1.27 bits per heavy atom. The third-order valence-electron chi connectivity index (χ3n) is 6.04. The molecule has 0 bridgehead atoms. The monoisotopic (exact) mass is 804 g/mol. The third-order valence-corrected chi connectivity index (χ3v) is 6.04. The summed E-state index contributed by atoms with van der Waals surface area (Å²) in [7, 11) is 5.52. The number of benzene rings is 1. The molecule has 1 heterocycles. The summed E-state index contributed by atoms with van der Waals surface area (Å²) in [5, 5.41) is 19.4. The van der Waals surface area contributed by atoms with Crippen molar-refractivity contribution >= 4 is 24.2 Å². The molecule has 12 heteroatoms. The second-order valence-electron chi connectivity index (χ2n) is 10.5. The van der Waals surface area contributed by atoms with E-state index in [2.05, 4.69) is 28.0 Å². The van der Waals surface area contributed by atoms with Crippen molar-refractivity contribution in [2.24, 2.45) is 10.9 Å². The molecule has 2 aliphatic rings. The molecule has 0 saturated heterocycles. The number of carboxylic acid groups (broad SMARTS) is 1. The molecular weight excluding hydrogens is 764 g/mol. The molecule has 231 valence electrons. The quantitative estimate of drug-likeness (QED) is 0.286. The van der Waals surface area contributed by atoms with Crippen LogP contribution in [0.1, 0.15) is 59.9 Å². The molecule has 1 aliphatic carbocycles. The van der Waals surface area contributed by atoms with Gasteiger partial charge < -0.3 is 42.9 Å². The first-order valence-electron chi connectivity index (χ1n) is 12.6. The Morgan fingerprint density at radius 3 is 2.48 bits per heavy atom. The number of nitrogens with one attached hydrogen (secondary N) is 2. The van der Waals surface area contributed by atoms with E-state index in [1.54, 1.807) is 38.7 Å². The second-order valence-corrected chi connectivity index (χ2v) is 10.5. The fraction of sp³-hybridized carbons (Fsp3) is 0.500. The molecule has 3 N–H and O–H groups in total. The van der Waals surface area contributed by atoms with Gasteiger partial charge in [0.15, 0.2) is 6.10 Å². The molecule has 2 atom stereocenters. The molecule has 0 aromatic heterocycles. The molecule has 1 aliphatic heterocycles. The van der Waals surface area contributed by atoms with Crippen molar-refractivity contribution in [1.82, 2.24) is 15.5 Å². The van der Waals surface area contributed by atoms with Gasteiger partial charge in [0.25, 0.3) is 5.91 Å². The number of carboxylic acids is 1. The molecule has 1 fully saturated rings. The minimum atomic E-state index is -1.14. The minimum Gasteiger partial charge on any atom is -0.616 e. The molecular formula is C28H40LrN5O6-3. The molecule has 2 amide bonds. The summed E-state index contributed by atoms with van der Waals surface area (Å²) >= 11 is 0. The zero-order valence-electron chi connectivity index (χ0n) is 23.9. The zero-order valence-corrected chi connectivity index (χ0v) is 26.0. The van der Waals surface area contributed by atoms with Gasteiger partial charge in [0.2, 0.25) is 6.09 Å². The van der Waals surface area contributed by atoms with Gasteiger partial charge in [-0.05, 0) is 70.7 Å². The standard InChI is InChI=1S/C27H38N5O6.CH3.Lr/c1-16-11-22(19(24(33)28-5)12-18(16)25(34)35)37-23(21-14-30-20(13-31-21)17-7-8-17)15-32(6)10-9-29-26(36)38-27(2,3)4;;/h11-14,17,20,23,30H,6-10,15H2,1-5H3,(H3,28,29,33,34,35,36);1H3;/q2*-1;/p-1. The number of aromatic carboxylic acids is 1. The summed E-state index contributed by atoms with van der Waals surface area (Å²) in [6.07, 6.45) is 4.70. The van der Waals surface area contributed by atoms with Crippen molar-refractivity contribution in [2.75, 3.05) is 26.7 Å². The average molecular weight is 805 g/mol. The van der Waals surface area contributed by atoms with Crippen molar-refractivity contribution in [1.29, 1.82) is 0 Å². The fourth-order valence-electron chi connectivity index (χ4n) is 3.89. The van der Waals surface area contributed by atoms with Crippen LogP contribution in [0.4, 0.5) is 4.79 Å². The Balaban J connectivity index is 0.00000400. The SMILES string of the molecule is [CH2-]N(CC[N-]C(=O)OC(C)(C)C)CC(Oc1cc(C)c(C(=O)O)cc1C(=O)NC)C1=CNC(C2CC2)C=N1.[CH3-].[Lr]. The Labute approximate surface area is 231 Å². The number of carbonyl (C=O) groups is 3. The maximum absolute atomic E-state index is 12.6. The molecule has 1 aromatic rings. The number of aliphatic imine (C=N–C) groups is 1. The molecule has 1 saturated carbocycles. The van der Waals surface area contributed by atoms with E-state index in [1.807, 2.05) is 12.4 Å². The average Bonchev–Trinajstić information content (AvgIpc) is 3.67. The van der Waals surface area contributed by atoms with E-state index in [0.29, 0.717) is 23.7 Å². The number of rotatable bonds is 11. The van der Waals surface area contributed by atoms with Crippen LogP contribution in [-0.4, -0.2) is 78.6 Å². The van der Waals surface area contributed by atoms with E-state index in [0.717, 1.165) is 12.8 Å². The number of hydrogen-bond acceptors (Lipinski definition) is 8. The Kier molecular flexibility index (Phi) is 11.7. The van der Waals surface area contributed by atoms with Crippen molar-refractivity contribution in [3.63, 3.8) is 0 Å². The second kappa shape index (κ2) is 14.0. The van der Waals surface area contributed by atoms with Gasteiger partial charge in [-0.3, -0.25) is 21.6 Å². The van der Waals surface area contributed by atoms with E-state index < -0.39 is 29.7 Å². The van der Waals surface area contributed by atoms with Crippen molar-refractivity contribution in [3.05, 3.63) is 60.5 Å². The van der Waals surface area contributed by atoms with Gasteiger partial charge in [-0.25, -0.2) is 4.79 Å². The number of hydrogen-bond donors (Lipinski definition) is 3. The molecule has 0 spiro atoms. The van der Waals surface area contributed by atoms with Gasteiger partial charge in [0, 0.05) is 26.0 Å².